The van der Waals surface area contributed by atoms with Crippen molar-refractivity contribution in [3.63, 3.8) is 0 Å². The van der Waals surface area contributed by atoms with Crippen molar-refractivity contribution < 1.29 is 9.53 Å². The van der Waals surface area contributed by atoms with E-state index >= 15 is 0 Å². The molecule has 3 aromatic rings. The maximum atomic E-state index is 12.7. The number of anilines is 4. The molecule has 2 aromatic carbocycles. The Labute approximate surface area is 248 Å². The fourth-order valence-corrected chi connectivity index (χ4v) is 5.85. The van der Waals surface area contributed by atoms with Gasteiger partial charge in [0.05, 0.1) is 12.2 Å². The molecular formula is C32H42N8O2. The molecular weight excluding hydrogens is 528 g/mol. The Morgan fingerprint density at radius 1 is 0.905 bits per heavy atom. The van der Waals surface area contributed by atoms with Crippen LogP contribution < -0.4 is 20.9 Å². The molecule has 10 nitrogen and oxygen atoms in total. The molecule has 222 valence electrons. The molecule has 10 heteroatoms. The molecule has 3 saturated heterocycles. The molecule has 3 fully saturated rings. The quantitative estimate of drug-likeness (QED) is 0.358. The number of benzene rings is 2. The summed E-state index contributed by atoms with van der Waals surface area (Å²) in [6, 6.07) is 17.8. The Balaban J connectivity index is 1.08. The van der Waals surface area contributed by atoms with Crippen molar-refractivity contribution in [1.82, 2.24) is 19.8 Å². The molecule has 0 saturated carbocycles. The third-order valence-corrected chi connectivity index (χ3v) is 8.13. The third-order valence-electron chi connectivity index (χ3n) is 8.13. The molecule has 3 N–H and O–H groups in total. The lowest BCUT2D eigenvalue weighted by Gasteiger charge is -2.33. The van der Waals surface area contributed by atoms with E-state index in [-0.39, 0.29) is 24.3 Å². The van der Waals surface area contributed by atoms with Crippen LogP contribution in [0.3, 0.4) is 0 Å². The summed E-state index contributed by atoms with van der Waals surface area (Å²) in [5.74, 6) is 2.38. The molecule has 3 aliphatic heterocycles. The lowest BCUT2D eigenvalue weighted by Crippen LogP contribution is -2.43. The second kappa shape index (κ2) is 12.6. The van der Waals surface area contributed by atoms with E-state index < -0.39 is 0 Å². The molecule has 2 amide bonds. The zero-order valence-electron chi connectivity index (χ0n) is 24.8. The first-order chi connectivity index (χ1) is 20.4. The van der Waals surface area contributed by atoms with E-state index in [1.165, 1.54) is 5.56 Å². The number of urea groups is 1. The van der Waals surface area contributed by atoms with E-state index in [0.29, 0.717) is 11.5 Å². The average Bonchev–Trinajstić information content (AvgIpc) is 3.32. The van der Waals surface area contributed by atoms with Crippen LogP contribution in [0.4, 0.5) is 27.8 Å². The predicted molar refractivity (Wildman–Crippen MR) is 168 cm³/mol. The van der Waals surface area contributed by atoms with Crippen LogP contribution in [0.25, 0.3) is 11.4 Å². The minimum Gasteiger partial charge on any atom is -0.371 e. The standard InChI is InChI=1S/C32H42N8O2/c1-22(2)33-29-18-30(40-20-27-12-13-28(21-40)42-27)37-31(36-29)24-6-10-26(11-7-24)35-32(41)34-25-8-4-23(5-9-25)19-39-16-14-38(3)15-17-39/h4-11,18,22,27-28H,12-17,19-21H2,1-3H3,(H,33,36,37)(H2,34,35,41). The van der Waals surface area contributed by atoms with E-state index in [4.69, 9.17) is 14.7 Å². The highest BCUT2D eigenvalue weighted by Gasteiger charge is 2.34. The number of nitrogens with one attached hydrogen (secondary N) is 3. The van der Waals surface area contributed by atoms with Crippen LogP contribution in [-0.2, 0) is 11.3 Å². The van der Waals surface area contributed by atoms with Crippen LogP contribution in [0, 0.1) is 0 Å². The molecule has 0 spiro atoms. The molecule has 2 atom stereocenters. The van der Waals surface area contributed by atoms with Crippen LogP contribution in [0.2, 0.25) is 0 Å². The maximum absolute atomic E-state index is 12.7. The van der Waals surface area contributed by atoms with E-state index in [9.17, 15) is 4.79 Å². The first-order valence-corrected chi connectivity index (χ1v) is 15.1. The largest absolute Gasteiger partial charge is 0.371 e. The highest BCUT2D eigenvalue weighted by Crippen LogP contribution is 2.31. The number of rotatable bonds is 8. The summed E-state index contributed by atoms with van der Waals surface area (Å²) < 4.78 is 6.03. The van der Waals surface area contributed by atoms with E-state index in [1.54, 1.807) is 0 Å². The Hall–Kier alpha value is -3.73. The number of fused-ring (bicyclic) bond motifs is 2. The second-order valence-corrected chi connectivity index (χ2v) is 12.0. The number of piperazine rings is 1. The topological polar surface area (TPSA) is 97.9 Å². The monoisotopic (exact) mass is 570 g/mol. The molecule has 4 heterocycles. The summed E-state index contributed by atoms with van der Waals surface area (Å²) in [6.45, 7) is 11.2. The van der Waals surface area contributed by atoms with Crippen LogP contribution in [0.5, 0.6) is 0 Å². The normalized spacial score (nSPS) is 21.0. The Bertz CT molecular complexity index is 1340. The van der Waals surface area contributed by atoms with Crippen molar-refractivity contribution in [1.29, 1.82) is 0 Å². The molecule has 42 heavy (non-hydrogen) atoms. The van der Waals surface area contributed by atoms with Gasteiger partial charge in [-0.15, -0.1) is 0 Å². The summed E-state index contributed by atoms with van der Waals surface area (Å²) in [6.07, 6.45) is 2.78. The number of hydrogen-bond donors (Lipinski definition) is 3. The fourth-order valence-electron chi connectivity index (χ4n) is 5.85. The van der Waals surface area contributed by atoms with Gasteiger partial charge in [-0.1, -0.05) is 12.1 Å². The van der Waals surface area contributed by atoms with Crippen molar-refractivity contribution in [3.05, 3.63) is 60.2 Å². The van der Waals surface area contributed by atoms with Gasteiger partial charge in [0.15, 0.2) is 5.82 Å². The number of morpholine rings is 1. The summed E-state index contributed by atoms with van der Waals surface area (Å²) in [7, 11) is 2.17. The highest BCUT2D eigenvalue weighted by atomic mass is 16.5. The van der Waals surface area contributed by atoms with Gasteiger partial charge in [0.25, 0.3) is 0 Å². The molecule has 6 rings (SSSR count). The third kappa shape index (κ3) is 7.18. The van der Waals surface area contributed by atoms with Crippen LogP contribution in [0.15, 0.2) is 54.6 Å². The number of carbonyl (C=O) groups excluding carboxylic acids is 1. The summed E-state index contributed by atoms with van der Waals surface area (Å²) >= 11 is 0. The molecule has 0 aliphatic carbocycles. The smallest absolute Gasteiger partial charge is 0.323 e. The molecule has 3 aliphatic rings. The summed E-state index contributed by atoms with van der Waals surface area (Å²) in [5.41, 5.74) is 3.60. The van der Waals surface area contributed by atoms with Gasteiger partial charge in [0.1, 0.15) is 11.6 Å². The Kier molecular flexibility index (Phi) is 8.55. The van der Waals surface area contributed by atoms with Gasteiger partial charge in [-0.05, 0) is 75.7 Å². The number of likely N-dealkylation sites (N-methyl/N-ethyl adjacent to an activating group) is 1. The fraction of sp³-hybridized carbons (Fsp3) is 0.469. The minimum absolute atomic E-state index is 0.250. The van der Waals surface area contributed by atoms with Crippen LogP contribution in [-0.4, -0.2) is 90.4 Å². The summed E-state index contributed by atoms with van der Waals surface area (Å²) in [5, 5.41) is 9.31. The van der Waals surface area contributed by atoms with Crippen LogP contribution >= 0.6 is 0 Å². The van der Waals surface area contributed by atoms with Crippen LogP contribution in [0.1, 0.15) is 32.3 Å². The van der Waals surface area contributed by atoms with Crippen molar-refractivity contribution >= 4 is 29.0 Å². The zero-order valence-corrected chi connectivity index (χ0v) is 24.8. The molecule has 2 unspecified atom stereocenters. The first-order valence-electron chi connectivity index (χ1n) is 15.1. The minimum atomic E-state index is -0.279. The van der Waals surface area contributed by atoms with E-state index in [0.717, 1.165) is 81.5 Å². The SMILES string of the molecule is CC(C)Nc1cc(N2CC3CCC(C2)O3)nc(-c2ccc(NC(=O)Nc3ccc(CN4CCN(C)CC4)cc3)cc2)n1. The first kappa shape index (κ1) is 28.4. The number of nitrogens with zero attached hydrogens (tertiary/aromatic N) is 5. The predicted octanol–water partition coefficient (Wildman–Crippen LogP) is 4.72. The molecule has 2 bridgehead atoms. The highest BCUT2D eigenvalue weighted by molar-refractivity contribution is 5.99. The summed E-state index contributed by atoms with van der Waals surface area (Å²) in [4.78, 5) is 29.6. The van der Waals surface area contributed by atoms with Gasteiger partial charge in [0, 0.05) is 74.9 Å². The maximum Gasteiger partial charge on any atom is 0.323 e. The zero-order chi connectivity index (χ0) is 29.1. The number of carbonyl (C=O) groups is 1. The molecule has 1 aromatic heterocycles. The van der Waals surface area contributed by atoms with Gasteiger partial charge in [-0.25, -0.2) is 14.8 Å². The molecule has 0 radical (unpaired) electrons. The van der Waals surface area contributed by atoms with Gasteiger partial charge in [-0.2, -0.15) is 0 Å². The lowest BCUT2D eigenvalue weighted by molar-refractivity contribution is 0.0302. The Morgan fingerprint density at radius 2 is 1.52 bits per heavy atom. The average molecular weight is 571 g/mol. The number of amides is 2. The lowest BCUT2D eigenvalue weighted by atomic mass is 10.2. The van der Waals surface area contributed by atoms with Crippen molar-refractivity contribution in [2.24, 2.45) is 0 Å². The number of hydrogen-bond acceptors (Lipinski definition) is 8. The van der Waals surface area contributed by atoms with Gasteiger partial charge in [0.2, 0.25) is 0 Å². The second-order valence-electron chi connectivity index (χ2n) is 12.0. The number of aromatic nitrogens is 2. The van der Waals surface area contributed by atoms with Crippen molar-refractivity contribution in [2.75, 3.05) is 67.2 Å². The van der Waals surface area contributed by atoms with E-state index in [1.807, 2.05) is 42.5 Å². The van der Waals surface area contributed by atoms with Gasteiger partial charge in [-0.3, -0.25) is 4.90 Å². The van der Waals surface area contributed by atoms with Crippen molar-refractivity contribution in [3.8, 4) is 11.4 Å². The van der Waals surface area contributed by atoms with Gasteiger partial charge >= 0.3 is 6.03 Å². The number of ether oxygens (including phenoxy) is 1. The van der Waals surface area contributed by atoms with E-state index in [2.05, 4.69) is 63.7 Å². The van der Waals surface area contributed by atoms with Crippen molar-refractivity contribution in [2.45, 2.75) is 51.5 Å². The van der Waals surface area contributed by atoms with Gasteiger partial charge < -0.3 is 30.5 Å². The Morgan fingerprint density at radius 3 is 2.14 bits per heavy atom.